The van der Waals surface area contributed by atoms with Crippen molar-refractivity contribution >= 4 is 39.2 Å². The van der Waals surface area contributed by atoms with Crippen molar-refractivity contribution in [3.05, 3.63) is 50.6 Å². The molecule has 0 unspecified atom stereocenters. The smallest absolute Gasteiger partial charge is 0.263 e. The number of nitrogens with one attached hydrogen (secondary N) is 1. The zero-order valence-electron chi connectivity index (χ0n) is 17.8. The minimum Gasteiger partial charge on any atom is -0.497 e. The van der Waals surface area contributed by atoms with Crippen LogP contribution < -0.4 is 15.6 Å². The van der Waals surface area contributed by atoms with E-state index in [9.17, 15) is 9.59 Å². The van der Waals surface area contributed by atoms with Gasteiger partial charge < -0.3 is 10.1 Å². The number of methoxy groups -OCH3 is 1. The van der Waals surface area contributed by atoms with E-state index in [4.69, 9.17) is 9.72 Å². The Kier molecular flexibility index (Phi) is 7.55. The molecule has 0 saturated heterocycles. The summed E-state index contributed by atoms with van der Waals surface area (Å²) in [6, 6.07) is 7.58. The van der Waals surface area contributed by atoms with Gasteiger partial charge in [-0.3, -0.25) is 14.2 Å². The van der Waals surface area contributed by atoms with Crippen LogP contribution in [0.15, 0.2) is 34.2 Å². The molecule has 1 amide bonds. The number of amides is 1. The Labute approximate surface area is 184 Å². The molecule has 160 valence electrons. The standard InChI is InChI=1S/C22H27N3O3S2/c1-5-6-11-25-21(27)19-14(2)15(3)30-20(19)24-22(25)29-13-18(26)23-12-16-7-9-17(28-4)10-8-16/h7-10H,5-6,11-13H2,1-4H3,(H,23,26). The number of benzene rings is 1. The van der Waals surface area contributed by atoms with Crippen LogP contribution in [-0.2, 0) is 17.9 Å². The number of hydrogen-bond donors (Lipinski definition) is 1. The maximum atomic E-state index is 13.1. The summed E-state index contributed by atoms with van der Waals surface area (Å²) in [6.07, 6.45) is 1.88. The fraction of sp³-hybridized carbons (Fsp3) is 0.409. The summed E-state index contributed by atoms with van der Waals surface area (Å²) >= 11 is 2.85. The lowest BCUT2D eigenvalue weighted by Crippen LogP contribution is -2.26. The van der Waals surface area contributed by atoms with Gasteiger partial charge in [0.1, 0.15) is 10.6 Å². The van der Waals surface area contributed by atoms with Crippen molar-refractivity contribution in [3.8, 4) is 5.75 Å². The molecule has 0 radical (unpaired) electrons. The molecule has 3 rings (SSSR count). The van der Waals surface area contributed by atoms with Gasteiger partial charge >= 0.3 is 0 Å². The number of rotatable bonds is 9. The zero-order valence-corrected chi connectivity index (χ0v) is 19.4. The molecular formula is C22H27N3O3S2. The van der Waals surface area contributed by atoms with Gasteiger partial charge in [0.15, 0.2) is 5.16 Å². The van der Waals surface area contributed by atoms with Gasteiger partial charge in [-0.2, -0.15) is 0 Å². The van der Waals surface area contributed by atoms with Crippen LogP contribution >= 0.6 is 23.1 Å². The fourth-order valence-corrected chi connectivity index (χ4v) is 4.98. The van der Waals surface area contributed by atoms with E-state index >= 15 is 0 Å². The Morgan fingerprint density at radius 2 is 2.00 bits per heavy atom. The molecule has 2 heterocycles. The summed E-state index contributed by atoms with van der Waals surface area (Å²) in [7, 11) is 1.62. The SMILES string of the molecule is CCCCn1c(SCC(=O)NCc2ccc(OC)cc2)nc2sc(C)c(C)c2c1=O. The van der Waals surface area contributed by atoms with Crippen LogP contribution in [0.25, 0.3) is 10.2 Å². The molecule has 6 nitrogen and oxygen atoms in total. The Balaban J connectivity index is 1.72. The minimum atomic E-state index is -0.0919. The second-order valence-electron chi connectivity index (χ2n) is 7.08. The van der Waals surface area contributed by atoms with Crippen molar-refractivity contribution in [1.29, 1.82) is 0 Å². The van der Waals surface area contributed by atoms with E-state index in [0.717, 1.165) is 39.4 Å². The van der Waals surface area contributed by atoms with Crippen LogP contribution in [-0.4, -0.2) is 28.3 Å². The van der Waals surface area contributed by atoms with E-state index in [2.05, 4.69) is 12.2 Å². The second kappa shape index (κ2) is 10.1. The number of thioether (sulfide) groups is 1. The molecule has 0 aliphatic carbocycles. The number of carbonyl (C=O) groups excluding carboxylic acids is 1. The third-order valence-corrected chi connectivity index (χ3v) is 7.05. The molecule has 0 aliphatic heterocycles. The van der Waals surface area contributed by atoms with Gasteiger partial charge in [-0.1, -0.05) is 37.2 Å². The highest BCUT2D eigenvalue weighted by atomic mass is 32.2. The summed E-state index contributed by atoms with van der Waals surface area (Å²) in [5, 5.41) is 4.24. The summed E-state index contributed by atoms with van der Waals surface area (Å²) in [5.41, 5.74) is 2.00. The highest BCUT2D eigenvalue weighted by Gasteiger charge is 2.17. The van der Waals surface area contributed by atoms with Crippen LogP contribution in [0.3, 0.4) is 0 Å². The molecule has 0 aliphatic rings. The van der Waals surface area contributed by atoms with Crippen molar-refractivity contribution in [2.45, 2.75) is 51.9 Å². The maximum absolute atomic E-state index is 13.1. The maximum Gasteiger partial charge on any atom is 0.263 e. The number of aromatic nitrogens is 2. The fourth-order valence-electron chi connectivity index (χ4n) is 3.06. The minimum absolute atomic E-state index is 0.00330. The molecule has 0 bridgehead atoms. The Morgan fingerprint density at radius 3 is 2.67 bits per heavy atom. The summed E-state index contributed by atoms with van der Waals surface area (Å²) in [4.78, 5) is 32.1. The van der Waals surface area contributed by atoms with Crippen molar-refractivity contribution < 1.29 is 9.53 Å². The third kappa shape index (κ3) is 5.05. The molecule has 0 saturated carbocycles. The molecule has 8 heteroatoms. The third-order valence-electron chi connectivity index (χ3n) is 4.97. The van der Waals surface area contributed by atoms with E-state index < -0.39 is 0 Å². The van der Waals surface area contributed by atoms with Crippen molar-refractivity contribution in [3.63, 3.8) is 0 Å². The topological polar surface area (TPSA) is 73.2 Å². The number of thiophene rings is 1. The Hall–Kier alpha value is -2.32. The molecule has 1 N–H and O–H groups in total. The van der Waals surface area contributed by atoms with Crippen LogP contribution in [0, 0.1) is 13.8 Å². The van der Waals surface area contributed by atoms with E-state index in [0.29, 0.717) is 23.6 Å². The van der Waals surface area contributed by atoms with Gasteiger partial charge in [-0.15, -0.1) is 11.3 Å². The van der Waals surface area contributed by atoms with Crippen molar-refractivity contribution in [1.82, 2.24) is 14.9 Å². The molecule has 1 aromatic carbocycles. The van der Waals surface area contributed by atoms with Gasteiger partial charge in [0, 0.05) is 18.0 Å². The zero-order chi connectivity index (χ0) is 21.7. The number of carbonyl (C=O) groups is 1. The van der Waals surface area contributed by atoms with Crippen LogP contribution in [0.5, 0.6) is 5.75 Å². The molecule has 0 atom stereocenters. The van der Waals surface area contributed by atoms with Gasteiger partial charge in [-0.05, 0) is 43.5 Å². The van der Waals surface area contributed by atoms with E-state index in [1.165, 1.54) is 23.1 Å². The summed E-state index contributed by atoms with van der Waals surface area (Å²) < 4.78 is 6.87. The van der Waals surface area contributed by atoms with Gasteiger partial charge in [0.2, 0.25) is 5.91 Å². The van der Waals surface area contributed by atoms with Crippen molar-refractivity contribution in [2.24, 2.45) is 0 Å². The summed E-state index contributed by atoms with van der Waals surface area (Å²) in [5.74, 6) is 0.903. The van der Waals surface area contributed by atoms with Crippen LogP contribution in [0.4, 0.5) is 0 Å². The number of unbranched alkanes of at least 4 members (excludes halogenated alkanes) is 1. The first-order chi connectivity index (χ1) is 14.4. The van der Waals surface area contributed by atoms with Gasteiger partial charge in [-0.25, -0.2) is 4.98 Å². The van der Waals surface area contributed by atoms with E-state index in [1.54, 1.807) is 11.7 Å². The lowest BCUT2D eigenvalue weighted by molar-refractivity contribution is -0.118. The largest absolute Gasteiger partial charge is 0.497 e. The first kappa shape index (κ1) is 22.4. The highest BCUT2D eigenvalue weighted by molar-refractivity contribution is 7.99. The first-order valence-electron chi connectivity index (χ1n) is 9.97. The van der Waals surface area contributed by atoms with Gasteiger partial charge in [0.05, 0.1) is 18.2 Å². The Bertz CT molecular complexity index is 1090. The average molecular weight is 446 g/mol. The molecule has 30 heavy (non-hydrogen) atoms. The second-order valence-corrected chi connectivity index (χ2v) is 9.23. The monoisotopic (exact) mass is 445 g/mol. The number of ether oxygens (including phenoxy) is 1. The lowest BCUT2D eigenvalue weighted by atomic mass is 10.2. The Morgan fingerprint density at radius 1 is 1.27 bits per heavy atom. The normalized spacial score (nSPS) is 11.1. The van der Waals surface area contributed by atoms with Crippen LogP contribution in [0.2, 0.25) is 0 Å². The van der Waals surface area contributed by atoms with E-state index in [-0.39, 0.29) is 17.2 Å². The molecule has 0 fully saturated rings. The lowest BCUT2D eigenvalue weighted by Gasteiger charge is -2.12. The predicted octanol–water partition coefficient (Wildman–Crippen LogP) is 4.29. The van der Waals surface area contributed by atoms with Gasteiger partial charge in [0.25, 0.3) is 5.56 Å². The number of aryl methyl sites for hydroxylation is 2. The first-order valence-corrected chi connectivity index (χ1v) is 11.8. The molecule has 0 spiro atoms. The molecule has 3 aromatic rings. The van der Waals surface area contributed by atoms with Crippen LogP contribution in [0.1, 0.15) is 35.8 Å². The van der Waals surface area contributed by atoms with E-state index in [1.807, 2.05) is 38.1 Å². The number of hydrogen-bond acceptors (Lipinski definition) is 6. The number of nitrogens with zero attached hydrogens (tertiary/aromatic N) is 2. The predicted molar refractivity (Wildman–Crippen MR) is 124 cm³/mol. The molecular weight excluding hydrogens is 418 g/mol. The average Bonchev–Trinajstić information content (AvgIpc) is 3.04. The molecule has 2 aromatic heterocycles. The highest BCUT2D eigenvalue weighted by Crippen LogP contribution is 2.28. The quantitative estimate of drug-likeness (QED) is 0.393. The number of fused-ring (bicyclic) bond motifs is 1. The van der Waals surface area contributed by atoms with Crippen molar-refractivity contribution in [2.75, 3.05) is 12.9 Å². The summed E-state index contributed by atoms with van der Waals surface area (Å²) in [6.45, 7) is 7.14.